The number of rotatable bonds is 3. The predicted molar refractivity (Wildman–Crippen MR) is 124 cm³/mol. The fourth-order valence-electron chi connectivity index (χ4n) is 3.76. The molecule has 3 heterocycles. The van der Waals surface area contributed by atoms with Crippen molar-refractivity contribution in [1.29, 1.82) is 0 Å². The van der Waals surface area contributed by atoms with E-state index < -0.39 is 0 Å². The summed E-state index contributed by atoms with van der Waals surface area (Å²) in [4.78, 5) is 2.35. The number of fused-ring (bicyclic) bond motifs is 1. The van der Waals surface area contributed by atoms with Crippen LogP contribution in [0.5, 0.6) is 0 Å². The molecule has 0 bridgehead atoms. The molecule has 0 saturated carbocycles. The van der Waals surface area contributed by atoms with Crippen molar-refractivity contribution in [2.24, 2.45) is 0 Å². The van der Waals surface area contributed by atoms with Crippen molar-refractivity contribution >= 4 is 29.0 Å². The van der Waals surface area contributed by atoms with Crippen molar-refractivity contribution in [1.82, 2.24) is 14.7 Å². The number of likely N-dealkylation sites (tertiary alicyclic amines) is 1. The number of hydrogen-bond acceptors (Lipinski definition) is 3. The normalized spacial score (nSPS) is 17.3. The van der Waals surface area contributed by atoms with Crippen molar-refractivity contribution in [3.05, 3.63) is 69.6 Å². The van der Waals surface area contributed by atoms with Crippen LogP contribution in [0, 0.1) is 12.8 Å². The van der Waals surface area contributed by atoms with Gasteiger partial charge in [0.05, 0.1) is 16.2 Å². The van der Waals surface area contributed by atoms with E-state index in [4.69, 9.17) is 23.2 Å². The number of hydrogen-bond donors (Lipinski definition) is 1. The first-order valence-electron chi connectivity index (χ1n) is 9.80. The van der Waals surface area contributed by atoms with Crippen LogP contribution in [0.25, 0.3) is 0 Å². The van der Waals surface area contributed by atoms with Crippen LogP contribution in [0.4, 0.5) is 5.82 Å². The molecule has 0 radical (unpaired) electrons. The molecule has 1 fully saturated rings. The van der Waals surface area contributed by atoms with Gasteiger partial charge in [0.25, 0.3) is 0 Å². The van der Waals surface area contributed by atoms with Crippen molar-refractivity contribution in [3.8, 4) is 12.8 Å². The maximum absolute atomic E-state index is 6.58. The maximum atomic E-state index is 6.58. The predicted octanol–water partition coefficient (Wildman–Crippen LogP) is 6.36. The molecular weight excluding hydrogens is 403 g/mol. The summed E-state index contributed by atoms with van der Waals surface area (Å²) in [7, 11) is 0. The topological polar surface area (TPSA) is 33.1 Å². The summed E-state index contributed by atoms with van der Waals surface area (Å²) in [5.74, 6) is 0.941. The van der Waals surface area contributed by atoms with Gasteiger partial charge in [-0.05, 0) is 25.8 Å². The van der Waals surface area contributed by atoms with Crippen molar-refractivity contribution in [2.45, 2.75) is 39.7 Å². The zero-order chi connectivity index (χ0) is 21.6. The van der Waals surface area contributed by atoms with Crippen LogP contribution in [0.15, 0.2) is 54.0 Å². The second-order valence-electron chi connectivity index (χ2n) is 6.51. The monoisotopic (exact) mass is 430 g/mol. The van der Waals surface area contributed by atoms with E-state index in [0.29, 0.717) is 10.0 Å². The highest BCUT2D eigenvalue weighted by Gasteiger charge is 2.33. The first-order chi connectivity index (χ1) is 14.1. The molecule has 6 heteroatoms. The first kappa shape index (κ1) is 22.9. The minimum Gasteiger partial charge on any atom is -0.372 e. The lowest BCUT2D eigenvalue weighted by atomic mass is 9.93. The second-order valence-corrected chi connectivity index (χ2v) is 7.30. The van der Waals surface area contributed by atoms with E-state index in [1.165, 1.54) is 12.8 Å². The molecule has 4 rings (SSSR count). The Morgan fingerprint density at radius 2 is 1.83 bits per heavy atom. The smallest absolute Gasteiger partial charge is 0.129 e. The lowest BCUT2D eigenvalue weighted by molar-refractivity contribution is 0.419. The molecule has 0 aliphatic carbocycles. The molecule has 2 aliphatic heterocycles. The average molecular weight is 431 g/mol. The minimum atomic E-state index is -0.148. The van der Waals surface area contributed by atoms with Crippen molar-refractivity contribution in [3.63, 3.8) is 0 Å². The summed E-state index contributed by atoms with van der Waals surface area (Å²) >= 11 is 12.9. The molecule has 1 aromatic heterocycles. The molecule has 1 atom stereocenters. The minimum absolute atomic E-state index is 0.148. The molecule has 1 aromatic carbocycles. The molecule has 2 aromatic rings. The van der Waals surface area contributed by atoms with Gasteiger partial charge in [0.15, 0.2) is 0 Å². The summed E-state index contributed by atoms with van der Waals surface area (Å²) in [6.45, 7) is 12.6. The van der Waals surface area contributed by atoms with Gasteiger partial charge in [0.2, 0.25) is 0 Å². The Balaban J connectivity index is 0.000000707. The van der Waals surface area contributed by atoms with Gasteiger partial charge in [0.1, 0.15) is 11.9 Å². The third kappa shape index (κ3) is 4.47. The van der Waals surface area contributed by atoms with Crippen molar-refractivity contribution in [2.75, 3.05) is 18.4 Å². The molecule has 1 saturated heterocycles. The average Bonchev–Trinajstić information content (AvgIpc) is 3.44. The van der Waals surface area contributed by atoms with E-state index >= 15 is 0 Å². The SMILES string of the molecule is C#C.C=C(C1=C(C)Nc2ccnn2C1c1cccc(Cl)c1Cl)N1CCCC1.CC. The molecule has 1 N–H and O–H groups in total. The van der Waals surface area contributed by atoms with Crippen LogP contribution < -0.4 is 5.32 Å². The Morgan fingerprint density at radius 3 is 2.48 bits per heavy atom. The lowest BCUT2D eigenvalue weighted by Gasteiger charge is -2.35. The largest absolute Gasteiger partial charge is 0.372 e. The third-order valence-electron chi connectivity index (χ3n) is 4.98. The number of allylic oxidation sites excluding steroid dienone is 2. The highest BCUT2D eigenvalue weighted by atomic mass is 35.5. The number of terminal acetylenes is 1. The Hall–Kier alpha value is -2.35. The fourth-order valence-corrected chi connectivity index (χ4v) is 4.17. The molecule has 29 heavy (non-hydrogen) atoms. The summed E-state index contributed by atoms with van der Waals surface area (Å²) in [5.41, 5.74) is 4.16. The quantitative estimate of drug-likeness (QED) is 0.574. The van der Waals surface area contributed by atoms with Crippen LogP contribution >= 0.6 is 23.2 Å². The van der Waals surface area contributed by atoms with Crippen LogP contribution in [0.2, 0.25) is 10.0 Å². The van der Waals surface area contributed by atoms with E-state index in [-0.39, 0.29) is 6.04 Å². The molecule has 2 aliphatic rings. The Morgan fingerprint density at radius 1 is 1.17 bits per heavy atom. The first-order valence-corrected chi connectivity index (χ1v) is 10.6. The summed E-state index contributed by atoms with van der Waals surface area (Å²) < 4.78 is 1.96. The molecule has 4 nitrogen and oxygen atoms in total. The van der Waals surface area contributed by atoms with Gasteiger partial charge in [0, 0.05) is 41.7 Å². The van der Waals surface area contributed by atoms with Gasteiger partial charge in [-0.3, -0.25) is 0 Å². The lowest BCUT2D eigenvalue weighted by Crippen LogP contribution is -2.30. The van der Waals surface area contributed by atoms with E-state index in [9.17, 15) is 0 Å². The van der Waals surface area contributed by atoms with Gasteiger partial charge in [-0.2, -0.15) is 5.10 Å². The van der Waals surface area contributed by atoms with Crippen LogP contribution in [-0.2, 0) is 0 Å². The van der Waals surface area contributed by atoms with Crippen LogP contribution in [0.3, 0.4) is 0 Å². The maximum Gasteiger partial charge on any atom is 0.129 e. The van der Waals surface area contributed by atoms with Gasteiger partial charge in [-0.1, -0.05) is 55.8 Å². The van der Waals surface area contributed by atoms with Gasteiger partial charge in [-0.25, -0.2) is 4.68 Å². The van der Waals surface area contributed by atoms with E-state index in [1.807, 2.05) is 42.8 Å². The summed E-state index contributed by atoms with van der Waals surface area (Å²) in [5, 5.41) is 9.10. The molecule has 0 spiro atoms. The summed E-state index contributed by atoms with van der Waals surface area (Å²) in [6, 6.07) is 7.57. The van der Waals surface area contributed by atoms with Gasteiger partial charge < -0.3 is 10.2 Å². The second kappa shape index (κ2) is 10.4. The van der Waals surface area contributed by atoms with Gasteiger partial charge >= 0.3 is 0 Å². The molecule has 1 unspecified atom stereocenters. The van der Waals surface area contributed by atoms with E-state index in [0.717, 1.165) is 41.4 Å². The summed E-state index contributed by atoms with van der Waals surface area (Å²) in [6.07, 6.45) is 12.2. The van der Waals surface area contributed by atoms with Crippen LogP contribution in [-0.4, -0.2) is 27.8 Å². The zero-order valence-corrected chi connectivity index (χ0v) is 18.8. The number of benzene rings is 1. The number of nitrogens with one attached hydrogen (secondary N) is 1. The molecule has 0 amide bonds. The number of halogens is 2. The highest BCUT2D eigenvalue weighted by Crippen LogP contribution is 2.43. The zero-order valence-electron chi connectivity index (χ0n) is 17.3. The highest BCUT2D eigenvalue weighted by molar-refractivity contribution is 6.42. The molecule has 154 valence electrons. The fraction of sp³-hybridized carbons (Fsp3) is 0.348. The van der Waals surface area contributed by atoms with Crippen molar-refractivity contribution < 1.29 is 0 Å². The number of nitrogens with zero attached hydrogens (tertiary/aromatic N) is 3. The molecular formula is C23H28Cl2N4. The number of aromatic nitrogens is 2. The number of anilines is 1. The van der Waals surface area contributed by atoms with Gasteiger partial charge in [-0.15, -0.1) is 12.8 Å². The standard InChI is InChI=1S/C19H20Cl2N4.C2H6.C2H2/c1-12-17(13(2)24-10-3-4-11-24)19(25-16(23-12)8-9-22-25)14-6-5-7-15(20)18(14)21;2*1-2/h5-9,19,23H,2-4,10-11H2,1H3;1-2H3;1-2H. The van der Waals surface area contributed by atoms with E-state index in [2.05, 4.69) is 41.7 Å². The Kier molecular flexibility index (Phi) is 8.25. The van der Waals surface area contributed by atoms with E-state index in [1.54, 1.807) is 6.20 Å². The Bertz CT molecular complexity index is 905. The Labute approximate surface area is 184 Å². The van der Waals surface area contributed by atoms with Crippen LogP contribution in [0.1, 0.15) is 45.2 Å². The third-order valence-corrected chi connectivity index (χ3v) is 5.82.